The third-order valence-corrected chi connectivity index (χ3v) is 2.68. The number of anilines is 1. The minimum absolute atomic E-state index is 0.0898. The van der Waals surface area contributed by atoms with Crippen molar-refractivity contribution in [2.24, 2.45) is 5.73 Å². The maximum Gasteiger partial charge on any atom is 0.223 e. The van der Waals surface area contributed by atoms with Crippen LogP contribution in [0.3, 0.4) is 0 Å². The van der Waals surface area contributed by atoms with Gasteiger partial charge in [0.05, 0.1) is 5.69 Å². The molecule has 1 heterocycles. The zero-order chi connectivity index (χ0) is 9.84. The number of aromatic nitrogens is 1. The molecule has 0 unspecified atom stereocenters. The molecule has 0 saturated heterocycles. The molecule has 5 heteroatoms. The Kier molecular flexibility index (Phi) is 3.39. The molecule has 72 valence electrons. The topological polar surface area (TPSA) is 68.0 Å². The highest BCUT2D eigenvalue weighted by molar-refractivity contribution is 7.15. The van der Waals surface area contributed by atoms with E-state index in [1.165, 1.54) is 18.3 Å². The Hall–Kier alpha value is -0.940. The first-order chi connectivity index (χ1) is 6.13. The molecule has 13 heavy (non-hydrogen) atoms. The van der Waals surface area contributed by atoms with Gasteiger partial charge in [0, 0.05) is 11.8 Å². The molecule has 1 amide bonds. The van der Waals surface area contributed by atoms with Crippen molar-refractivity contribution in [3.8, 4) is 0 Å². The van der Waals surface area contributed by atoms with Crippen LogP contribution < -0.4 is 11.1 Å². The minimum atomic E-state index is -0.0898. The molecule has 0 aromatic carbocycles. The molecular formula is C8H13N3OS. The highest BCUT2D eigenvalue weighted by Crippen LogP contribution is 2.22. The molecule has 0 aliphatic rings. The standard InChI is InChI=1S/C8H13N3OS/c1-5-7(3-4-9)13-8(10-5)11-6(2)12/h3-4,9H2,1-2H3,(H,10,11,12). The highest BCUT2D eigenvalue weighted by atomic mass is 32.1. The first-order valence-electron chi connectivity index (χ1n) is 4.07. The Morgan fingerprint density at radius 3 is 2.92 bits per heavy atom. The van der Waals surface area contributed by atoms with Crippen LogP contribution in [-0.2, 0) is 11.2 Å². The van der Waals surface area contributed by atoms with Gasteiger partial charge in [-0.2, -0.15) is 0 Å². The van der Waals surface area contributed by atoms with Crippen molar-refractivity contribution in [3.05, 3.63) is 10.6 Å². The van der Waals surface area contributed by atoms with Crippen molar-refractivity contribution >= 4 is 22.4 Å². The van der Waals surface area contributed by atoms with Crippen molar-refractivity contribution in [2.75, 3.05) is 11.9 Å². The molecular weight excluding hydrogens is 186 g/mol. The van der Waals surface area contributed by atoms with Crippen molar-refractivity contribution in [2.45, 2.75) is 20.3 Å². The summed E-state index contributed by atoms with van der Waals surface area (Å²) >= 11 is 1.49. The van der Waals surface area contributed by atoms with Crippen molar-refractivity contribution in [3.63, 3.8) is 0 Å². The second-order valence-corrected chi connectivity index (χ2v) is 3.83. The number of rotatable bonds is 3. The summed E-state index contributed by atoms with van der Waals surface area (Å²) in [5.41, 5.74) is 6.39. The predicted molar refractivity (Wildman–Crippen MR) is 53.9 cm³/mol. The summed E-state index contributed by atoms with van der Waals surface area (Å²) in [5.74, 6) is -0.0898. The van der Waals surface area contributed by atoms with Gasteiger partial charge in [-0.25, -0.2) is 4.98 Å². The molecule has 1 rings (SSSR count). The first kappa shape index (κ1) is 10.1. The average molecular weight is 199 g/mol. The molecule has 0 atom stereocenters. The molecule has 0 saturated carbocycles. The van der Waals surface area contributed by atoms with Gasteiger partial charge in [-0.3, -0.25) is 4.79 Å². The summed E-state index contributed by atoms with van der Waals surface area (Å²) in [6.07, 6.45) is 0.823. The number of nitrogens with two attached hydrogens (primary N) is 1. The first-order valence-corrected chi connectivity index (χ1v) is 4.89. The number of hydrogen-bond acceptors (Lipinski definition) is 4. The van der Waals surface area contributed by atoms with Crippen LogP contribution in [0, 0.1) is 6.92 Å². The van der Waals surface area contributed by atoms with E-state index in [0.29, 0.717) is 11.7 Å². The van der Waals surface area contributed by atoms with E-state index in [-0.39, 0.29) is 5.91 Å². The van der Waals surface area contributed by atoms with E-state index in [1.807, 2.05) is 6.92 Å². The van der Waals surface area contributed by atoms with Gasteiger partial charge in [-0.15, -0.1) is 11.3 Å². The number of aryl methyl sites for hydroxylation is 1. The van der Waals surface area contributed by atoms with Crippen LogP contribution in [0.5, 0.6) is 0 Å². The van der Waals surface area contributed by atoms with Crippen LogP contribution in [0.15, 0.2) is 0 Å². The Bertz CT molecular complexity index is 308. The van der Waals surface area contributed by atoms with Gasteiger partial charge in [0.1, 0.15) is 0 Å². The van der Waals surface area contributed by atoms with Gasteiger partial charge in [-0.05, 0) is 19.9 Å². The molecule has 0 aliphatic heterocycles. The maximum absolute atomic E-state index is 10.7. The van der Waals surface area contributed by atoms with Crippen LogP contribution in [0.4, 0.5) is 5.13 Å². The molecule has 0 spiro atoms. The van der Waals surface area contributed by atoms with Crippen molar-refractivity contribution in [1.29, 1.82) is 0 Å². The van der Waals surface area contributed by atoms with Crippen LogP contribution in [-0.4, -0.2) is 17.4 Å². The Morgan fingerprint density at radius 2 is 2.38 bits per heavy atom. The summed E-state index contributed by atoms with van der Waals surface area (Å²) in [5, 5.41) is 3.31. The van der Waals surface area contributed by atoms with Gasteiger partial charge in [-0.1, -0.05) is 0 Å². The molecule has 1 aromatic heterocycles. The lowest BCUT2D eigenvalue weighted by molar-refractivity contribution is -0.114. The fraction of sp³-hybridized carbons (Fsp3) is 0.500. The number of carbonyl (C=O) groups excluding carboxylic acids is 1. The SMILES string of the molecule is CC(=O)Nc1nc(C)c(CCN)s1. The molecule has 4 nitrogen and oxygen atoms in total. The van der Waals surface area contributed by atoms with Crippen LogP contribution in [0.25, 0.3) is 0 Å². The molecule has 0 aliphatic carbocycles. The van der Waals surface area contributed by atoms with Gasteiger partial charge in [0.15, 0.2) is 5.13 Å². The molecule has 0 radical (unpaired) electrons. The average Bonchev–Trinajstić information content (AvgIpc) is 2.31. The van der Waals surface area contributed by atoms with Gasteiger partial charge >= 0.3 is 0 Å². The van der Waals surface area contributed by atoms with Crippen LogP contribution >= 0.6 is 11.3 Å². The number of nitrogens with zero attached hydrogens (tertiary/aromatic N) is 1. The molecule has 1 aromatic rings. The predicted octanol–water partition coefficient (Wildman–Crippen LogP) is 0.911. The van der Waals surface area contributed by atoms with Gasteiger partial charge < -0.3 is 11.1 Å². The third-order valence-electron chi connectivity index (χ3n) is 1.55. The fourth-order valence-corrected chi connectivity index (χ4v) is 2.02. The van der Waals surface area contributed by atoms with E-state index in [0.717, 1.165) is 17.0 Å². The van der Waals surface area contributed by atoms with Crippen LogP contribution in [0.2, 0.25) is 0 Å². The lowest BCUT2D eigenvalue weighted by atomic mass is 10.3. The summed E-state index contributed by atoms with van der Waals surface area (Å²) in [6.45, 7) is 4.01. The summed E-state index contributed by atoms with van der Waals surface area (Å²) in [6, 6.07) is 0. The Labute approximate surface area is 81.2 Å². The maximum atomic E-state index is 10.7. The number of carbonyl (C=O) groups is 1. The quantitative estimate of drug-likeness (QED) is 0.760. The smallest absolute Gasteiger partial charge is 0.223 e. The summed E-state index contributed by atoms with van der Waals surface area (Å²) in [7, 11) is 0. The lowest BCUT2D eigenvalue weighted by Gasteiger charge is -1.92. The van der Waals surface area contributed by atoms with Gasteiger partial charge in [0.2, 0.25) is 5.91 Å². The number of hydrogen-bond donors (Lipinski definition) is 2. The lowest BCUT2D eigenvalue weighted by Crippen LogP contribution is -2.04. The van der Waals surface area contributed by atoms with Crippen molar-refractivity contribution in [1.82, 2.24) is 4.98 Å². The van der Waals surface area contributed by atoms with E-state index in [4.69, 9.17) is 5.73 Å². The Morgan fingerprint density at radius 1 is 1.69 bits per heavy atom. The molecule has 0 fully saturated rings. The minimum Gasteiger partial charge on any atom is -0.330 e. The number of nitrogens with one attached hydrogen (secondary N) is 1. The fourth-order valence-electron chi connectivity index (χ4n) is 0.995. The normalized spacial score (nSPS) is 10.1. The van der Waals surface area contributed by atoms with Gasteiger partial charge in [0.25, 0.3) is 0 Å². The number of thiazole rings is 1. The highest BCUT2D eigenvalue weighted by Gasteiger charge is 2.06. The van der Waals surface area contributed by atoms with E-state index in [9.17, 15) is 4.79 Å². The molecule has 0 bridgehead atoms. The third kappa shape index (κ3) is 2.78. The zero-order valence-electron chi connectivity index (χ0n) is 7.76. The monoisotopic (exact) mass is 199 g/mol. The largest absolute Gasteiger partial charge is 0.330 e. The molecule has 3 N–H and O–H groups in total. The summed E-state index contributed by atoms with van der Waals surface area (Å²) in [4.78, 5) is 16.1. The van der Waals surface area contributed by atoms with Crippen LogP contribution in [0.1, 0.15) is 17.5 Å². The second kappa shape index (κ2) is 4.34. The Balaban J connectivity index is 2.76. The second-order valence-electron chi connectivity index (χ2n) is 2.75. The van der Waals surface area contributed by atoms with E-state index in [2.05, 4.69) is 10.3 Å². The van der Waals surface area contributed by atoms with E-state index >= 15 is 0 Å². The number of amides is 1. The van der Waals surface area contributed by atoms with Crippen molar-refractivity contribution < 1.29 is 4.79 Å². The zero-order valence-corrected chi connectivity index (χ0v) is 8.57. The van der Waals surface area contributed by atoms with E-state index in [1.54, 1.807) is 0 Å². The summed E-state index contributed by atoms with van der Waals surface area (Å²) < 4.78 is 0. The van der Waals surface area contributed by atoms with E-state index < -0.39 is 0 Å².